The van der Waals surface area contributed by atoms with Gasteiger partial charge < -0.3 is 23.3 Å². The van der Waals surface area contributed by atoms with Gasteiger partial charge in [0.05, 0.1) is 26.7 Å². The van der Waals surface area contributed by atoms with Gasteiger partial charge in [0.15, 0.2) is 38.2 Å². The predicted octanol–water partition coefficient (Wildman–Crippen LogP) is 3.80. The highest BCUT2D eigenvalue weighted by atomic mass is 31.2. The van der Waals surface area contributed by atoms with Gasteiger partial charge in [-0.1, -0.05) is 13.8 Å². The summed E-state index contributed by atoms with van der Waals surface area (Å²) in [5, 5.41) is 0. The number of imidazole rings is 1. The van der Waals surface area contributed by atoms with Crippen LogP contribution in [0.25, 0.3) is 11.2 Å². The van der Waals surface area contributed by atoms with Crippen molar-refractivity contribution in [2.75, 3.05) is 26.7 Å². The quantitative estimate of drug-likeness (QED) is 0.568. The lowest BCUT2D eigenvalue weighted by Crippen LogP contribution is -2.17. The Balaban J connectivity index is 0.00000136. The van der Waals surface area contributed by atoms with E-state index in [-0.39, 0.29) is 12.8 Å². The van der Waals surface area contributed by atoms with E-state index < -0.39 is 27.1 Å². The monoisotopic (exact) mass is 418 g/mol. The molecule has 158 valence electrons. The van der Waals surface area contributed by atoms with Crippen molar-refractivity contribution in [3.05, 3.63) is 12.7 Å². The van der Waals surface area contributed by atoms with Crippen LogP contribution in [0.3, 0.4) is 0 Å². The molecule has 0 bridgehead atoms. The van der Waals surface area contributed by atoms with E-state index >= 15 is 0 Å². The Kier molecular flexibility index (Phi) is 9.40. The van der Waals surface area contributed by atoms with E-state index in [1.165, 1.54) is 24.3 Å². The van der Waals surface area contributed by atoms with Crippen LogP contribution < -0.4 is 4.74 Å². The summed E-state index contributed by atoms with van der Waals surface area (Å²) in [5.41, 5.74) is 0.891. The van der Waals surface area contributed by atoms with Gasteiger partial charge in [0.25, 0.3) is 0 Å². The number of halogens is 1. The van der Waals surface area contributed by atoms with E-state index in [1.807, 2.05) is 27.7 Å². The van der Waals surface area contributed by atoms with Gasteiger partial charge in [0, 0.05) is 6.42 Å². The lowest BCUT2D eigenvalue weighted by Gasteiger charge is -2.19. The minimum absolute atomic E-state index is 0.105. The molecule has 1 saturated heterocycles. The van der Waals surface area contributed by atoms with Crippen LogP contribution >= 0.6 is 8.38 Å². The first-order chi connectivity index (χ1) is 13.7. The molecular formula is C17H28FN4O5P. The van der Waals surface area contributed by atoms with Gasteiger partial charge in [-0.2, -0.15) is 4.98 Å². The zero-order chi connectivity index (χ0) is 20.5. The summed E-state index contributed by atoms with van der Waals surface area (Å²) in [4.78, 5) is 12.4. The maximum absolute atomic E-state index is 14.5. The standard InChI is InChI=1S/C15H22FN4O5P.C2H6/c1-4-23-26(24-5-2)9-22-11-6-10(16)15(25-11)20-8-19-12-13(20)17-7-18-14(12)21-3;1-2/h7-8,10-11,15H,4-6,9H2,1-3H3;1-2H3. The van der Waals surface area contributed by atoms with Crippen molar-refractivity contribution in [3.63, 3.8) is 0 Å². The van der Waals surface area contributed by atoms with E-state index in [0.29, 0.717) is 30.3 Å². The van der Waals surface area contributed by atoms with Crippen LogP contribution in [0.5, 0.6) is 5.88 Å². The summed E-state index contributed by atoms with van der Waals surface area (Å²) in [7, 11) is 0.323. The highest BCUT2D eigenvalue weighted by Gasteiger charge is 2.39. The van der Waals surface area contributed by atoms with Crippen LogP contribution in [0.15, 0.2) is 12.7 Å². The number of hydrogen-bond acceptors (Lipinski definition) is 8. The van der Waals surface area contributed by atoms with Crippen molar-refractivity contribution >= 4 is 19.5 Å². The largest absolute Gasteiger partial charge is 0.479 e. The summed E-state index contributed by atoms with van der Waals surface area (Å²) >= 11 is 0. The lowest BCUT2D eigenvalue weighted by atomic mass is 10.3. The third-order valence-corrected chi connectivity index (χ3v) is 5.18. The number of methoxy groups -OCH3 is 1. The molecule has 11 heteroatoms. The first-order valence-electron chi connectivity index (χ1n) is 9.33. The van der Waals surface area contributed by atoms with Gasteiger partial charge in [-0.15, -0.1) is 0 Å². The average Bonchev–Trinajstić information content (AvgIpc) is 3.30. The zero-order valence-electron chi connectivity index (χ0n) is 16.9. The van der Waals surface area contributed by atoms with Gasteiger partial charge in [0.2, 0.25) is 5.88 Å². The molecular weight excluding hydrogens is 390 g/mol. The molecule has 9 nitrogen and oxygen atoms in total. The van der Waals surface area contributed by atoms with Crippen molar-refractivity contribution in [2.24, 2.45) is 0 Å². The molecule has 1 aliphatic heterocycles. The summed E-state index contributed by atoms with van der Waals surface area (Å²) in [5.74, 6) is 0.328. The van der Waals surface area contributed by atoms with Crippen LogP contribution in [0.1, 0.15) is 40.3 Å². The molecule has 3 unspecified atom stereocenters. The van der Waals surface area contributed by atoms with Crippen LogP contribution in [-0.4, -0.2) is 58.7 Å². The smallest absolute Gasteiger partial charge is 0.245 e. The molecule has 2 aromatic rings. The van der Waals surface area contributed by atoms with Crippen molar-refractivity contribution in [2.45, 2.75) is 52.8 Å². The van der Waals surface area contributed by atoms with Crippen molar-refractivity contribution in [1.29, 1.82) is 0 Å². The molecule has 28 heavy (non-hydrogen) atoms. The Morgan fingerprint density at radius 3 is 2.57 bits per heavy atom. The predicted molar refractivity (Wildman–Crippen MR) is 103 cm³/mol. The Hall–Kier alpha value is -1.45. The topological polar surface area (TPSA) is 89.8 Å². The minimum Gasteiger partial charge on any atom is -0.479 e. The van der Waals surface area contributed by atoms with Crippen LogP contribution in [0.2, 0.25) is 0 Å². The van der Waals surface area contributed by atoms with Crippen molar-refractivity contribution < 1.29 is 27.6 Å². The van der Waals surface area contributed by atoms with Gasteiger partial charge in [0.1, 0.15) is 12.7 Å². The summed E-state index contributed by atoms with van der Waals surface area (Å²) in [6.45, 7) is 8.82. The summed E-state index contributed by atoms with van der Waals surface area (Å²) in [6.07, 6.45) is 0.304. The molecule has 2 aromatic heterocycles. The second-order valence-corrected chi connectivity index (χ2v) is 6.82. The van der Waals surface area contributed by atoms with Gasteiger partial charge in [-0.25, -0.2) is 14.4 Å². The van der Waals surface area contributed by atoms with E-state index in [9.17, 15) is 4.39 Å². The first-order valence-corrected chi connectivity index (χ1v) is 10.7. The summed E-state index contributed by atoms with van der Waals surface area (Å²) in [6, 6.07) is 0. The maximum Gasteiger partial charge on any atom is 0.245 e. The highest BCUT2D eigenvalue weighted by Crippen LogP contribution is 2.40. The molecule has 3 heterocycles. The van der Waals surface area contributed by atoms with Crippen molar-refractivity contribution in [3.8, 4) is 5.88 Å². The molecule has 3 rings (SSSR count). The molecule has 0 spiro atoms. The molecule has 3 atom stereocenters. The third kappa shape index (κ3) is 5.33. The molecule has 0 N–H and O–H groups in total. The van der Waals surface area contributed by atoms with E-state index in [0.717, 1.165) is 0 Å². The fourth-order valence-corrected chi connectivity index (χ4v) is 3.74. The number of rotatable bonds is 9. The Morgan fingerprint density at radius 1 is 1.21 bits per heavy atom. The lowest BCUT2D eigenvalue weighted by molar-refractivity contribution is -0.142. The Morgan fingerprint density at radius 2 is 1.93 bits per heavy atom. The maximum atomic E-state index is 14.5. The third-order valence-electron chi connectivity index (χ3n) is 3.72. The fraction of sp³-hybridized carbons (Fsp3) is 0.706. The number of ether oxygens (including phenoxy) is 3. The van der Waals surface area contributed by atoms with Crippen LogP contribution in [0, 0.1) is 0 Å². The van der Waals surface area contributed by atoms with E-state index in [4.69, 9.17) is 23.3 Å². The number of aromatic nitrogens is 4. The zero-order valence-corrected chi connectivity index (χ0v) is 17.8. The molecule has 0 aliphatic carbocycles. The molecule has 0 amide bonds. The molecule has 1 fully saturated rings. The Labute approximate surface area is 165 Å². The average molecular weight is 418 g/mol. The van der Waals surface area contributed by atoms with Crippen molar-refractivity contribution in [1.82, 2.24) is 19.5 Å². The summed E-state index contributed by atoms with van der Waals surface area (Å²) < 4.78 is 43.6. The first kappa shape index (κ1) is 22.8. The number of alkyl halides is 1. The number of fused-ring (bicyclic) bond motifs is 1. The van der Waals surface area contributed by atoms with Gasteiger partial charge in [-0.3, -0.25) is 4.57 Å². The molecule has 0 aromatic carbocycles. The SMILES string of the molecule is CC.CCOP(COC1CC(F)C(n2cnc3c(OC)ncnc32)O1)OCC. The highest BCUT2D eigenvalue weighted by molar-refractivity contribution is 7.47. The normalized spacial score (nSPS) is 21.8. The number of nitrogens with zero attached hydrogens (tertiary/aromatic N) is 4. The van der Waals surface area contributed by atoms with Gasteiger partial charge in [-0.05, 0) is 13.8 Å². The fourth-order valence-electron chi connectivity index (χ4n) is 2.65. The van der Waals surface area contributed by atoms with Crippen LogP contribution in [-0.2, 0) is 18.5 Å². The minimum atomic E-state index is -1.26. The second-order valence-electron chi connectivity index (χ2n) is 5.38. The number of hydrogen-bond donors (Lipinski definition) is 0. The molecule has 0 saturated carbocycles. The molecule has 0 radical (unpaired) electrons. The van der Waals surface area contributed by atoms with Gasteiger partial charge >= 0.3 is 0 Å². The second kappa shape index (κ2) is 11.5. The van der Waals surface area contributed by atoms with E-state index in [1.54, 1.807) is 0 Å². The van der Waals surface area contributed by atoms with Crippen LogP contribution in [0.4, 0.5) is 4.39 Å². The van der Waals surface area contributed by atoms with E-state index in [2.05, 4.69) is 15.0 Å². The Bertz CT molecular complexity index is 716. The molecule has 1 aliphatic rings.